The fraction of sp³-hybridized carbons (Fsp3) is 0.600. The minimum Gasteiger partial charge on any atom is -0.395 e. The Hall–Kier alpha value is -0.940. The zero-order valence-electron chi connectivity index (χ0n) is 5.54. The Morgan fingerprint density at radius 1 is 1.70 bits per heavy atom. The summed E-state index contributed by atoms with van der Waals surface area (Å²) in [6.07, 6.45) is 1.64. The molecule has 1 aromatic rings. The number of rotatable bonds is 4. The standard InChI is InChI=1S/C5H10N4O/c10-2-1-6-3-5-4-7-9-8-5/h4,6,10H,1-3H2,(H,7,8,9). The number of aromatic nitrogens is 3. The smallest absolute Gasteiger partial charge is 0.0962 e. The summed E-state index contributed by atoms with van der Waals surface area (Å²) in [5, 5.41) is 21.3. The number of aliphatic hydroxyl groups excluding tert-OH is 1. The highest BCUT2D eigenvalue weighted by molar-refractivity contribution is 4.88. The Morgan fingerprint density at radius 2 is 2.60 bits per heavy atom. The van der Waals surface area contributed by atoms with Gasteiger partial charge in [0, 0.05) is 13.1 Å². The molecular weight excluding hydrogens is 132 g/mol. The highest BCUT2D eigenvalue weighted by Gasteiger charge is 1.92. The van der Waals surface area contributed by atoms with Crippen molar-refractivity contribution < 1.29 is 5.11 Å². The van der Waals surface area contributed by atoms with E-state index < -0.39 is 0 Å². The molecule has 0 amide bonds. The minimum atomic E-state index is 0.151. The Bertz CT molecular complexity index is 162. The van der Waals surface area contributed by atoms with Crippen molar-refractivity contribution in [2.24, 2.45) is 0 Å². The lowest BCUT2D eigenvalue weighted by atomic mass is 10.5. The van der Waals surface area contributed by atoms with E-state index in [4.69, 9.17) is 5.11 Å². The topological polar surface area (TPSA) is 73.8 Å². The van der Waals surface area contributed by atoms with Gasteiger partial charge in [0.25, 0.3) is 0 Å². The summed E-state index contributed by atoms with van der Waals surface area (Å²) in [6, 6.07) is 0. The molecule has 0 atom stereocenters. The Balaban J connectivity index is 2.15. The molecule has 0 unspecified atom stereocenters. The van der Waals surface area contributed by atoms with Crippen LogP contribution < -0.4 is 5.32 Å². The molecule has 0 aliphatic rings. The first-order valence-corrected chi connectivity index (χ1v) is 3.09. The lowest BCUT2D eigenvalue weighted by molar-refractivity contribution is 0.291. The van der Waals surface area contributed by atoms with Crippen LogP contribution in [0.25, 0.3) is 0 Å². The van der Waals surface area contributed by atoms with Crippen LogP contribution in [0.1, 0.15) is 5.69 Å². The predicted molar refractivity (Wildman–Crippen MR) is 35.2 cm³/mol. The second-order valence-electron chi connectivity index (χ2n) is 1.86. The van der Waals surface area contributed by atoms with Crippen LogP contribution in [-0.2, 0) is 6.54 Å². The van der Waals surface area contributed by atoms with Crippen LogP contribution in [0, 0.1) is 0 Å². The van der Waals surface area contributed by atoms with Crippen molar-refractivity contribution in [3.8, 4) is 0 Å². The highest BCUT2D eigenvalue weighted by Crippen LogP contribution is 1.84. The molecule has 1 aromatic heterocycles. The summed E-state index contributed by atoms with van der Waals surface area (Å²) < 4.78 is 0. The van der Waals surface area contributed by atoms with Crippen molar-refractivity contribution >= 4 is 0 Å². The fourth-order valence-electron chi connectivity index (χ4n) is 0.606. The summed E-state index contributed by atoms with van der Waals surface area (Å²) in [5.74, 6) is 0. The van der Waals surface area contributed by atoms with Gasteiger partial charge in [-0.05, 0) is 0 Å². The van der Waals surface area contributed by atoms with Crippen molar-refractivity contribution in [2.45, 2.75) is 6.54 Å². The first kappa shape index (κ1) is 7.17. The van der Waals surface area contributed by atoms with Crippen LogP contribution in [0.5, 0.6) is 0 Å². The first-order valence-electron chi connectivity index (χ1n) is 3.09. The molecule has 0 aromatic carbocycles. The molecule has 10 heavy (non-hydrogen) atoms. The van der Waals surface area contributed by atoms with Crippen molar-refractivity contribution in [1.82, 2.24) is 20.7 Å². The molecule has 0 aliphatic heterocycles. The van der Waals surface area contributed by atoms with E-state index in [0.717, 1.165) is 5.69 Å². The van der Waals surface area contributed by atoms with E-state index >= 15 is 0 Å². The van der Waals surface area contributed by atoms with Crippen LogP contribution >= 0.6 is 0 Å². The van der Waals surface area contributed by atoms with Crippen molar-refractivity contribution in [2.75, 3.05) is 13.2 Å². The SMILES string of the molecule is OCCNCc1cn[nH]n1. The Morgan fingerprint density at radius 3 is 3.20 bits per heavy atom. The van der Waals surface area contributed by atoms with Gasteiger partial charge in [0.05, 0.1) is 18.5 Å². The summed E-state index contributed by atoms with van der Waals surface area (Å²) in [6.45, 7) is 1.39. The highest BCUT2D eigenvalue weighted by atomic mass is 16.3. The largest absolute Gasteiger partial charge is 0.395 e. The van der Waals surface area contributed by atoms with Gasteiger partial charge in [0.15, 0.2) is 0 Å². The number of nitrogens with zero attached hydrogens (tertiary/aromatic N) is 2. The van der Waals surface area contributed by atoms with Crippen molar-refractivity contribution in [3.05, 3.63) is 11.9 Å². The molecule has 56 valence electrons. The van der Waals surface area contributed by atoms with Crippen LogP contribution in [0.15, 0.2) is 6.20 Å². The quantitative estimate of drug-likeness (QED) is 0.466. The number of aromatic amines is 1. The molecule has 0 radical (unpaired) electrons. The summed E-state index contributed by atoms with van der Waals surface area (Å²) >= 11 is 0. The van der Waals surface area contributed by atoms with Gasteiger partial charge in [-0.2, -0.15) is 15.4 Å². The van der Waals surface area contributed by atoms with Crippen molar-refractivity contribution in [1.29, 1.82) is 0 Å². The molecule has 1 heterocycles. The monoisotopic (exact) mass is 142 g/mol. The molecule has 0 saturated heterocycles. The number of hydrogen-bond acceptors (Lipinski definition) is 4. The number of nitrogens with one attached hydrogen (secondary N) is 2. The zero-order valence-corrected chi connectivity index (χ0v) is 5.54. The molecular formula is C5H10N4O. The molecule has 0 fully saturated rings. The fourth-order valence-corrected chi connectivity index (χ4v) is 0.606. The van der Waals surface area contributed by atoms with E-state index in [1.54, 1.807) is 6.20 Å². The third kappa shape index (κ3) is 2.12. The minimum absolute atomic E-state index is 0.151. The van der Waals surface area contributed by atoms with Gasteiger partial charge in [0.1, 0.15) is 0 Å². The van der Waals surface area contributed by atoms with E-state index in [-0.39, 0.29) is 6.61 Å². The maximum absolute atomic E-state index is 8.39. The lowest BCUT2D eigenvalue weighted by Gasteiger charge is -1.95. The average molecular weight is 142 g/mol. The van der Waals surface area contributed by atoms with E-state index in [1.807, 2.05) is 0 Å². The second-order valence-corrected chi connectivity index (χ2v) is 1.86. The first-order chi connectivity index (χ1) is 4.93. The number of hydrogen-bond donors (Lipinski definition) is 3. The third-order valence-electron chi connectivity index (χ3n) is 1.06. The third-order valence-corrected chi connectivity index (χ3v) is 1.06. The molecule has 1 rings (SSSR count). The summed E-state index contributed by atoms with van der Waals surface area (Å²) in [4.78, 5) is 0. The van der Waals surface area contributed by atoms with Gasteiger partial charge < -0.3 is 10.4 Å². The molecule has 5 heteroatoms. The number of aliphatic hydroxyl groups is 1. The van der Waals surface area contributed by atoms with Gasteiger partial charge >= 0.3 is 0 Å². The summed E-state index contributed by atoms with van der Waals surface area (Å²) in [5.41, 5.74) is 0.855. The zero-order chi connectivity index (χ0) is 7.23. The van der Waals surface area contributed by atoms with E-state index in [9.17, 15) is 0 Å². The molecule has 0 aliphatic carbocycles. The van der Waals surface area contributed by atoms with E-state index in [1.165, 1.54) is 0 Å². The van der Waals surface area contributed by atoms with E-state index in [0.29, 0.717) is 13.1 Å². The van der Waals surface area contributed by atoms with Gasteiger partial charge in [-0.3, -0.25) is 0 Å². The molecule has 0 spiro atoms. The van der Waals surface area contributed by atoms with Gasteiger partial charge in [-0.25, -0.2) is 0 Å². The Kier molecular flexibility index (Phi) is 2.85. The lowest BCUT2D eigenvalue weighted by Crippen LogP contribution is -2.17. The summed E-state index contributed by atoms with van der Waals surface area (Å²) in [7, 11) is 0. The van der Waals surface area contributed by atoms with Crippen LogP contribution in [-0.4, -0.2) is 33.7 Å². The maximum atomic E-state index is 8.39. The maximum Gasteiger partial charge on any atom is 0.0962 e. The van der Waals surface area contributed by atoms with Gasteiger partial charge in [-0.1, -0.05) is 0 Å². The van der Waals surface area contributed by atoms with E-state index in [2.05, 4.69) is 20.7 Å². The van der Waals surface area contributed by atoms with Crippen LogP contribution in [0.4, 0.5) is 0 Å². The normalized spacial score (nSPS) is 10.1. The predicted octanol–water partition coefficient (Wildman–Crippen LogP) is -1.11. The Labute approximate surface area is 58.5 Å². The van der Waals surface area contributed by atoms with Gasteiger partial charge in [0.2, 0.25) is 0 Å². The average Bonchev–Trinajstić information content (AvgIpc) is 2.41. The molecule has 5 nitrogen and oxygen atoms in total. The molecule has 3 N–H and O–H groups in total. The molecule has 0 saturated carbocycles. The van der Waals surface area contributed by atoms with Gasteiger partial charge in [-0.15, -0.1) is 0 Å². The molecule has 0 bridgehead atoms. The second kappa shape index (κ2) is 3.97. The van der Waals surface area contributed by atoms with Crippen LogP contribution in [0.2, 0.25) is 0 Å². The number of H-pyrrole nitrogens is 1. The van der Waals surface area contributed by atoms with Crippen LogP contribution in [0.3, 0.4) is 0 Å². The van der Waals surface area contributed by atoms with Crippen molar-refractivity contribution in [3.63, 3.8) is 0 Å².